The van der Waals surface area contributed by atoms with E-state index < -0.39 is 0 Å². The Balaban J connectivity index is 2.54. The first kappa shape index (κ1) is 13.0. The summed E-state index contributed by atoms with van der Waals surface area (Å²) in [5, 5.41) is 3.35. The van der Waals surface area contributed by atoms with Crippen LogP contribution in [0.3, 0.4) is 0 Å². The molecule has 90 valence electrons. The highest BCUT2D eigenvalue weighted by Gasteiger charge is 2.01. The number of nitrogens with zero attached hydrogens (tertiary/aromatic N) is 1. The van der Waals surface area contributed by atoms with Gasteiger partial charge >= 0.3 is 0 Å². The molecular formula is C13H22N2O. The van der Waals surface area contributed by atoms with Crippen LogP contribution in [0.15, 0.2) is 18.2 Å². The second-order valence-corrected chi connectivity index (χ2v) is 4.17. The number of hydrogen-bond acceptors (Lipinski definition) is 3. The molecule has 0 aliphatic rings. The van der Waals surface area contributed by atoms with E-state index in [1.54, 1.807) is 7.11 Å². The van der Waals surface area contributed by atoms with Gasteiger partial charge in [-0.05, 0) is 30.2 Å². The van der Waals surface area contributed by atoms with Crippen LogP contribution in [-0.4, -0.2) is 34.4 Å². The lowest BCUT2D eigenvalue weighted by molar-refractivity contribution is 0.199. The van der Waals surface area contributed by atoms with E-state index in [0.29, 0.717) is 0 Å². The number of nitrogens with one attached hydrogen (secondary N) is 1. The first-order valence-electron chi connectivity index (χ1n) is 5.61. The van der Waals surface area contributed by atoms with Crippen molar-refractivity contribution in [3.8, 4) is 0 Å². The van der Waals surface area contributed by atoms with Crippen LogP contribution >= 0.6 is 0 Å². The maximum Gasteiger partial charge on any atom is 0.0587 e. The summed E-state index contributed by atoms with van der Waals surface area (Å²) in [5.74, 6) is 0. The van der Waals surface area contributed by atoms with Gasteiger partial charge in [-0.2, -0.15) is 0 Å². The zero-order valence-electron chi connectivity index (χ0n) is 10.7. The van der Waals surface area contributed by atoms with Gasteiger partial charge in [0.15, 0.2) is 0 Å². The molecule has 16 heavy (non-hydrogen) atoms. The SMILES string of the molecule is COCCNCc1ccc(N(C)C)cc1C. The van der Waals surface area contributed by atoms with Gasteiger partial charge in [0.1, 0.15) is 0 Å². The highest BCUT2D eigenvalue weighted by atomic mass is 16.5. The molecule has 0 fully saturated rings. The lowest BCUT2D eigenvalue weighted by Crippen LogP contribution is -2.19. The van der Waals surface area contributed by atoms with Crippen molar-refractivity contribution in [3.63, 3.8) is 0 Å². The third-order valence-corrected chi connectivity index (χ3v) is 2.64. The molecule has 3 heteroatoms. The van der Waals surface area contributed by atoms with E-state index in [-0.39, 0.29) is 0 Å². The lowest BCUT2D eigenvalue weighted by atomic mass is 10.1. The second-order valence-electron chi connectivity index (χ2n) is 4.17. The molecule has 1 rings (SSSR count). The van der Waals surface area contributed by atoms with E-state index in [2.05, 4.69) is 49.4 Å². The molecule has 0 saturated heterocycles. The Bertz CT molecular complexity index is 324. The molecule has 0 aromatic heterocycles. The van der Waals surface area contributed by atoms with Crippen LogP contribution in [0.4, 0.5) is 5.69 Å². The number of aryl methyl sites for hydroxylation is 1. The molecule has 0 saturated carbocycles. The average molecular weight is 222 g/mol. The monoisotopic (exact) mass is 222 g/mol. The first-order valence-corrected chi connectivity index (χ1v) is 5.61. The van der Waals surface area contributed by atoms with Gasteiger partial charge in [-0.3, -0.25) is 0 Å². The van der Waals surface area contributed by atoms with Crippen LogP contribution in [0.1, 0.15) is 11.1 Å². The fourth-order valence-corrected chi connectivity index (χ4v) is 1.55. The minimum atomic E-state index is 0.759. The van der Waals surface area contributed by atoms with Crippen LogP contribution in [-0.2, 0) is 11.3 Å². The third kappa shape index (κ3) is 3.83. The summed E-state index contributed by atoms with van der Waals surface area (Å²) < 4.78 is 4.99. The number of ether oxygens (including phenoxy) is 1. The summed E-state index contributed by atoms with van der Waals surface area (Å²) in [6.07, 6.45) is 0. The van der Waals surface area contributed by atoms with Crippen molar-refractivity contribution in [2.45, 2.75) is 13.5 Å². The molecule has 0 aliphatic carbocycles. The predicted molar refractivity (Wildman–Crippen MR) is 69.1 cm³/mol. The molecular weight excluding hydrogens is 200 g/mol. The van der Waals surface area contributed by atoms with Crippen molar-refractivity contribution in [2.24, 2.45) is 0 Å². The van der Waals surface area contributed by atoms with Gasteiger partial charge < -0.3 is 15.0 Å². The summed E-state index contributed by atoms with van der Waals surface area (Å²) in [6.45, 7) is 4.71. The van der Waals surface area contributed by atoms with Gasteiger partial charge in [0.25, 0.3) is 0 Å². The number of hydrogen-bond donors (Lipinski definition) is 1. The summed E-state index contributed by atoms with van der Waals surface area (Å²) in [7, 11) is 5.84. The van der Waals surface area contributed by atoms with Gasteiger partial charge in [-0.1, -0.05) is 6.07 Å². The molecule has 1 aromatic rings. The van der Waals surface area contributed by atoms with E-state index in [0.717, 1.165) is 19.7 Å². The second kappa shape index (κ2) is 6.51. The molecule has 1 aromatic carbocycles. The standard InChI is InChI=1S/C13H22N2O/c1-11-9-13(15(2)3)6-5-12(11)10-14-7-8-16-4/h5-6,9,14H,7-8,10H2,1-4H3. The van der Waals surface area contributed by atoms with Crippen LogP contribution in [0, 0.1) is 6.92 Å². The van der Waals surface area contributed by atoms with Crippen molar-refractivity contribution in [2.75, 3.05) is 39.3 Å². The molecule has 3 nitrogen and oxygen atoms in total. The van der Waals surface area contributed by atoms with Crippen LogP contribution in [0.5, 0.6) is 0 Å². The fraction of sp³-hybridized carbons (Fsp3) is 0.538. The average Bonchev–Trinajstić information content (AvgIpc) is 2.26. The van der Waals surface area contributed by atoms with Crippen LogP contribution in [0.2, 0.25) is 0 Å². The molecule has 0 bridgehead atoms. The Labute approximate surface area is 98.4 Å². The highest BCUT2D eigenvalue weighted by molar-refractivity contribution is 5.49. The highest BCUT2D eigenvalue weighted by Crippen LogP contribution is 2.16. The Morgan fingerprint density at radius 2 is 2.06 bits per heavy atom. The number of anilines is 1. The minimum absolute atomic E-state index is 0.759. The quantitative estimate of drug-likeness (QED) is 0.743. The van der Waals surface area contributed by atoms with E-state index in [9.17, 15) is 0 Å². The van der Waals surface area contributed by atoms with Crippen LogP contribution in [0.25, 0.3) is 0 Å². The van der Waals surface area contributed by atoms with Gasteiger partial charge in [0.05, 0.1) is 6.61 Å². The third-order valence-electron chi connectivity index (χ3n) is 2.64. The molecule has 0 aliphatic heterocycles. The molecule has 0 unspecified atom stereocenters. The number of rotatable bonds is 6. The van der Waals surface area contributed by atoms with Gasteiger partial charge in [0, 0.05) is 40.0 Å². The Hall–Kier alpha value is -1.06. The lowest BCUT2D eigenvalue weighted by Gasteiger charge is -2.15. The molecule has 0 heterocycles. The summed E-state index contributed by atoms with van der Waals surface area (Å²) >= 11 is 0. The summed E-state index contributed by atoms with van der Waals surface area (Å²) in [6, 6.07) is 6.55. The van der Waals surface area contributed by atoms with E-state index in [4.69, 9.17) is 4.74 Å². The Kier molecular flexibility index (Phi) is 5.29. The van der Waals surface area contributed by atoms with Crippen molar-refractivity contribution in [3.05, 3.63) is 29.3 Å². The molecule has 0 amide bonds. The first-order chi connectivity index (χ1) is 7.65. The maximum atomic E-state index is 4.99. The van der Waals surface area contributed by atoms with Gasteiger partial charge in [0.2, 0.25) is 0 Å². The van der Waals surface area contributed by atoms with Crippen molar-refractivity contribution >= 4 is 5.69 Å². The topological polar surface area (TPSA) is 24.5 Å². The minimum Gasteiger partial charge on any atom is -0.383 e. The molecule has 1 N–H and O–H groups in total. The van der Waals surface area contributed by atoms with E-state index in [1.807, 2.05) is 0 Å². The molecule has 0 atom stereocenters. The van der Waals surface area contributed by atoms with E-state index in [1.165, 1.54) is 16.8 Å². The molecule has 0 spiro atoms. The fourth-order valence-electron chi connectivity index (χ4n) is 1.55. The smallest absolute Gasteiger partial charge is 0.0587 e. The Morgan fingerprint density at radius 3 is 2.62 bits per heavy atom. The zero-order chi connectivity index (χ0) is 12.0. The number of methoxy groups -OCH3 is 1. The predicted octanol–water partition coefficient (Wildman–Crippen LogP) is 1.80. The molecule has 0 radical (unpaired) electrons. The largest absolute Gasteiger partial charge is 0.383 e. The summed E-state index contributed by atoms with van der Waals surface area (Å²) in [4.78, 5) is 2.12. The van der Waals surface area contributed by atoms with Crippen molar-refractivity contribution < 1.29 is 4.74 Å². The van der Waals surface area contributed by atoms with Crippen molar-refractivity contribution in [1.82, 2.24) is 5.32 Å². The van der Waals surface area contributed by atoms with Crippen LogP contribution < -0.4 is 10.2 Å². The van der Waals surface area contributed by atoms with Gasteiger partial charge in [-0.15, -0.1) is 0 Å². The van der Waals surface area contributed by atoms with Gasteiger partial charge in [-0.25, -0.2) is 0 Å². The number of benzene rings is 1. The maximum absolute atomic E-state index is 4.99. The summed E-state index contributed by atoms with van der Waals surface area (Å²) in [5.41, 5.74) is 3.93. The zero-order valence-corrected chi connectivity index (χ0v) is 10.7. The Morgan fingerprint density at radius 1 is 1.31 bits per heavy atom. The normalized spacial score (nSPS) is 10.5. The van der Waals surface area contributed by atoms with E-state index >= 15 is 0 Å². The van der Waals surface area contributed by atoms with Crippen molar-refractivity contribution in [1.29, 1.82) is 0 Å².